The van der Waals surface area contributed by atoms with E-state index in [9.17, 15) is 4.79 Å². The molecule has 0 spiro atoms. The van der Waals surface area contributed by atoms with E-state index < -0.39 is 0 Å². The molecule has 0 radical (unpaired) electrons. The molecular formula is C13H16ClNO3. The predicted octanol–water partition coefficient (Wildman–Crippen LogP) is 2.39. The van der Waals surface area contributed by atoms with Crippen molar-refractivity contribution >= 4 is 17.7 Å². The number of carbonyl (C=O) groups is 1. The number of benzene rings is 1. The Morgan fingerprint density at radius 3 is 3.17 bits per heavy atom. The lowest BCUT2D eigenvalue weighted by Gasteiger charge is -2.22. The monoisotopic (exact) mass is 269 g/mol. The second kappa shape index (κ2) is 6.18. The van der Waals surface area contributed by atoms with Crippen LogP contribution in [0.1, 0.15) is 28.4 Å². The van der Waals surface area contributed by atoms with Gasteiger partial charge in [-0.25, -0.2) is 9.21 Å². The van der Waals surface area contributed by atoms with Gasteiger partial charge in [0.05, 0.1) is 25.3 Å². The molecule has 18 heavy (non-hydrogen) atoms. The van der Waals surface area contributed by atoms with Gasteiger partial charge < -0.3 is 9.47 Å². The Balaban J connectivity index is 2.23. The Bertz CT molecular complexity index is 424. The zero-order valence-electron chi connectivity index (χ0n) is 10.3. The molecule has 1 aromatic carbocycles. The summed E-state index contributed by atoms with van der Waals surface area (Å²) in [6.07, 6.45) is 0.913. The first kappa shape index (κ1) is 13.3. The normalized spacial score (nSPS) is 21.3. The number of hydrogen-bond donors (Lipinski definition) is 0. The quantitative estimate of drug-likeness (QED) is 0.610. The van der Waals surface area contributed by atoms with Gasteiger partial charge in [-0.3, -0.25) is 0 Å². The zero-order chi connectivity index (χ0) is 13.0. The Morgan fingerprint density at radius 2 is 2.39 bits per heavy atom. The first-order chi connectivity index (χ1) is 8.72. The third kappa shape index (κ3) is 3.02. The van der Waals surface area contributed by atoms with Crippen molar-refractivity contribution in [1.29, 1.82) is 0 Å². The number of esters is 1. The molecule has 1 heterocycles. The van der Waals surface area contributed by atoms with E-state index in [1.165, 1.54) is 7.11 Å². The maximum atomic E-state index is 11.5. The van der Waals surface area contributed by atoms with Crippen molar-refractivity contribution in [3.05, 3.63) is 35.4 Å². The van der Waals surface area contributed by atoms with Crippen molar-refractivity contribution in [2.24, 2.45) is 0 Å². The van der Waals surface area contributed by atoms with E-state index in [-0.39, 0.29) is 12.0 Å². The van der Waals surface area contributed by atoms with E-state index in [0.717, 1.165) is 25.1 Å². The number of ether oxygens (including phenoxy) is 2. The molecule has 98 valence electrons. The summed E-state index contributed by atoms with van der Waals surface area (Å²) in [4.78, 5) is 11.5. The van der Waals surface area contributed by atoms with Crippen LogP contribution in [0.3, 0.4) is 0 Å². The highest BCUT2D eigenvalue weighted by molar-refractivity contribution is 6.13. The van der Waals surface area contributed by atoms with Crippen LogP contribution in [0.4, 0.5) is 0 Å². The van der Waals surface area contributed by atoms with Crippen LogP contribution in [0, 0.1) is 0 Å². The van der Waals surface area contributed by atoms with Gasteiger partial charge in [0, 0.05) is 13.2 Å². The van der Waals surface area contributed by atoms with Crippen LogP contribution in [0.2, 0.25) is 0 Å². The van der Waals surface area contributed by atoms with Gasteiger partial charge in [0.2, 0.25) is 0 Å². The molecule has 1 atom stereocenters. The standard InChI is InChI=1S/C13H16ClNO3/c1-17-13(16)11-5-2-4-10(8-11)12-9-18-7-3-6-15(12)14/h2,4-5,8,12H,3,6-7,9H2,1H3. The number of carbonyl (C=O) groups excluding carboxylic acids is 1. The van der Waals surface area contributed by atoms with Gasteiger partial charge in [0.15, 0.2) is 0 Å². The summed E-state index contributed by atoms with van der Waals surface area (Å²) in [7, 11) is 1.37. The molecule has 1 aliphatic rings. The molecule has 5 heteroatoms. The number of nitrogens with zero attached hydrogens (tertiary/aromatic N) is 1. The molecule has 1 saturated heterocycles. The Labute approximate surface area is 112 Å². The fourth-order valence-electron chi connectivity index (χ4n) is 2.00. The van der Waals surface area contributed by atoms with Gasteiger partial charge >= 0.3 is 5.97 Å². The van der Waals surface area contributed by atoms with Gasteiger partial charge in [0.25, 0.3) is 0 Å². The number of halogens is 1. The highest BCUT2D eigenvalue weighted by Crippen LogP contribution is 2.26. The largest absolute Gasteiger partial charge is 0.465 e. The second-order valence-corrected chi connectivity index (χ2v) is 4.62. The number of rotatable bonds is 2. The van der Waals surface area contributed by atoms with Crippen LogP contribution >= 0.6 is 11.8 Å². The van der Waals surface area contributed by atoms with E-state index in [1.807, 2.05) is 12.1 Å². The summed E-state index contributed by atoms with van der Waals surface area (Å²) < 4.78 is 12.0. The van der Waals surface area contributed by atoms with Crippen molar-refractivity contribution in [1.82, 2.24) is 4.42 Å². The van der Waals surface area contributed by atoms with Crippen molar-refractivity contribution in [3.8, 4) is 0 Å². The second-order valence-electron chi connectivity index (χ2n) is 4.18. The fraction of sp³-hybridized carbons (Fsp3) is 0.462. The minimum absolute atomic E-state index is 0.0289. The molecule has 0 aliphatic carbocycles. The average Bonchev–Trinajstić information content (AvgIpc) is 2.62. The molecule has 1 aromatic rings. The highest BCUT2D eigenvalue weighted by atomic mass is 35.5. The summed E-state index contributed by atoms with van der Waals surface area (Å²) in [5, 5.41) is 0. The molecule has 4 nitrogen and oxygen atoms in total. The highest BCUT2D eigenvalue weighted by Gasteiger charge is 2.22. The van der Waals surface area contributed by atoms with Crippen molar-refractivity contribution < 1.29 is 14.3 Å². The van der Waals surface area contributed by atoms with E-state index >= 15 is 0 Å². The van der Waals surface area contributed by atoms with Crippen LogP contribution in [-0.4, -0.2) is 37.3 Å². The molecule has 0 saturated carbocycles. The molecule has 1 aliphatic heterocycles. The summed E-state index contributed by atoms with van der Waals surface area (Å²) in [5.74, 6) is -0.340. The maximum absolute atomic E-state index is 11.5. The minimum atomic E-state index is -0.340. The Kier molecular flexibility index (Phi) is 4.58. The molecular weight excluding hydrogens is 254 g/mol. The van der Waals surface area contributed by atoms with E-state index in [4.69, 9.17) is 21.3 Å². The first-order valence-electron chi connectivity index (χ1n) is 5.91. The SMILES string of the molecule is COC(=O)c1cccc(C2COCCCN2Cl)c1. The molecule has 0 amide bonds. The molecule has 0 bridgehead atoms. The van der Waals surface area contributed by atoms with Crippen molar-refractivity contribution in [2.45, 2.75) is 12.5 Å². The summed E-state index contributed by atoms with van der Waals surface area (Å²) in [5.41, 5.74) is 1.50. The van der Waals surface area contributed by atoms with E-state index in [0.29, 0.717) is 12.2 Å². The van der Waals surface area contributed by atoms with Gasteiger partial charge in [-0.2, -0.15) is 0 Å². The topological polar surface area (TPSA) is 38.8 Å². The summed E-state index contributed by atoms with van der Waals surface area (Å²) >= 11 is 6.22. The smallest absolute Gasteiger partial charge is 0.337 e. The lowest BCUT2D eigenvalue weighted by atomic mass is 10.0. The van der Waals surface area contributed by atoms with Crippen molar-refractivity contribution in [3.63, 3.8) is 0 Å². The fourth-order valence-corrected chi connectivity index (χ4v) is 2.29. The van der Waals surface area contributed by atoms with Gasteiger partial charge in [0.1, 0.15) is 0 Å². The Hall–Kier alpha value is -1.10. The van der Waals surface area contributed by atoms with Crippen LogP contribution in [0.15, 0.2) is 24.3 Å². The van der Waals surface area contributed by atoms with E-state index in [1.54, 1.807) is 16.6 Å². The third-order valence-electron chi connectivity index (χ3n) is 2.97. The third-order valence-corrected chi connectivity index (χ3v) is 3.37. The number of hydrogen-bond acceptors (Lipinski definition) is 4. The Morgan fingerprint density at radius 1 is 1.56 bits per heavy atom. The minimum Gasteiger partial charge on any atom is -0.465 e. The summed E-state index contributed by atoms with van der Waals surface area (Å²) in [6, 6.07) is 7.28. The first-order valence-corrected chi connectivity index (χ1v) is 6.24. The molecule has 2 rings (SSSR count). The van der Waals surface area contributed by atoms with Gasteiger partial charge in [-0.1, -0.05) is 12.1 Å². The average molecular weight is 270 g/mol. The molecule has 1 fully saturated rings. The molecule has 0 aromatic heterocycles. The van der Waals surface area contributed by atoms with Crippen LogP contribution in [0.5, 0.6) is 0 Å². The maximum Gasteiger partial charge on any atom is 0.337 e. The van der Waals surface area contributed by atoms with Crippen LogP contribution in [-0.2, 0) is 9.47 Å². The summed E-state index contributed by atoms with van der Waals surface area (Å²) in [6.45, 7) is 2.03. The van der Waals surface area contributed by atoms with Gasteiger partial charge in [-0.15, -0.1) is 0 Å². The van der Waals surface area contributed by atoms with Gasteiger partial charge in [-0.05, 0) is 35.9 Å². The van der Waals surface area contributed by atoms with Crippen molar-refractivity contribution in [2.75, 3.05) is 26.9 Å². The lowest BCUT2D eigenvalue weighted by Crippen LogP contribution is -2.22. The molecule has 1 unspecified atom stereocenters. The number of methoxy groups -OCH3 is 1. The van der Waals surface area contributed by atoms with Crippen LogP contribution in [0.25, 0.3) is 0 Å². The van der Waals surface area contributed by atoms with E-state index in [2.05, 4.69) is 0 Å². The zero-order valence-corrected chi connectivity index (χ0v) is 11.0. The molecule has 0 N–H and O–H groups in total. The lowest BCUT2D eigenvalue weighted by molar-refractivity contribution is 0.0600. The predicted molar refractivity (Wildman–Crippen MR) is 68.5 cm³/mol. The van der Waals surface area contributed by atoms with Crippen LogP contribution < -0.4 is 0 Å².